The van der Waals surface area contributed by atoms with Crippen molar-refractivity contribution >= 4 is 17.4 Å². The van der Waals surface area contributed by atoms with Crippen LogP contribution in [0.1, 0.15) is 46.9 Å². The first kappa shape index (κ1) is 25.2. The van der Waals surface area contributed by atoms with Gasteiger partial charge in [0.05, 0.1) is 33.6 Å². The molecule has 1 amide bonds. The minimum atomic E-state index is -4.59. The van der Waals surface area contributed by atoms with Crippen LogP contribution < -0.4 is 24.8 Å². The van der Waals surface area contributed by atoms with E-state index >= 15 is 0 Å². The quantitative estimate of drug-likeness (QED) is 0.449. The molecule has 0 unspecified atom stereocenters. The molecule has 0 bridgehead atoms. The number of aryl methyl sites for hydroxylation is 1. The molecule has 2 atom stereocenters. The van der Waals surface area contributed by atoms with Gasteiger partial charge < -0.3 is 24.8 Å². The van der Waals surface area contributed by atoms with Gasteiger partial charge in [-0.3, -0.25) is 4.79 Å². The molecule has 3 aromatic rings. The predicted molar refractivity (Wildman–Crippen MR) is 128 cm³/mol. The Labute approximate surface area is 206 Å². The van der Waals surface area contributed by atoms with Crippen LogP contribution in [0.2, 0.25) is 0 Å². The number of carbonyl (C=O) groups excluding carboxylic acids is 1. The highest BCUT2D eigenvalue weighted by molar-refractivity contribution is 6.07. The van der Waals surface area contributed by atoms with Crippen LogP contribution in [0, 0.1) is 0 Å². The molecule has 0 saturated carbocycles. The average molecular weight is 505 g/mol. The van der Waals surface area contributed by atoms with Gasteiger partial charge in [-0.2, -0.15) is 18.3 Å². The predicted octanol–water partition coefficient (Wildman–Crippen LogP) is 5.38. The van der Waals surface area contributed by atoms with Crippen molar-refractivity contribution in [2.24, 2.45) is 0 Å². The van der Waals surface area contributed by atoms with Crippen LogP contribution in [-0.4, -0.2) is 43.2 Å². The van der Waals surface area contributed by atoms with Crippen LogP contribution in [0.15, 0.2) is 42.6 Å². The maximum atomic E-state index is 14.1. The minimum Gasteiger partial charge on any atom is -0.493 e. The molecular formula is C25H27F3N4O4. The van der Waals surface area contributed by atoms with E-state index in [1.54, 1.807) is 24.3 Å². The first-order chi connectivity index (χ1) is 17.2. The molecule has 0 radical (unpaired) electrons. The molecule has 0 fully saturated rings. The molecule has 36 heavy (non-hydrogen) atoms. The normalized spacial score (nSPS) is 17.1. The van der Waals surface area contributed by atoms with Crippen molar-refractivity contribution in [1.29, 1.82) is 0 Å². The van der Waals surface area contributed by atoms with Crippen molar-refractivity contribution in [2.45, 2.75) is 38.0 Å². The molecule has 0 aliphatic carbocycles. The van der Waals surface area contributed by atoms with Crippen molar-refractivity contribution in [1.82, 2.24) is 9.78 Å². The third-order valence-electron chi connectivity index (χ3n) is 6.22. The number of methoxy groups -OCH3 is 3. The number of hydrogen-bond acceptors (Lipinski definition) is 6. The van der Waals surface area contributed by atoms with Gasteiger partial charge in [0.15, 0.2) is 17.5 Å². The monoisotopic (exact) mass is 504 g/mol. The molecule has 192 valence electrons. The molecule has 8 nitrogen and oxygen atoms in total. The fourth-order valence-electron chi connectivity index (χ4n) is 4.39. The van der Waals surface area contributed by atoms with Crippen molar-refractivity contribution < 1.29 is 32.2 Å². The summed E-state index contributed by atoms with van der Waals surface area (Å²) in [5, 5.41) is 9.83. The molecule has 2 N–H and O–H groups in total. The van der Waals surface area contributed by atoms with Crippen LogP contribution in [-0.2, 0) is 6.42 Å². The number of ether oxygens (including phenoxy) is 3. The number of halogens is 3. The number of aromatic nitrogens is 2. The summed E-state index contributed by atoms with van der Waals surface area (Å²) >= 11 is 0. The Morgan fingerprint density at radius 3 is 2.39 bits per heavy atom. The fraction of sp³-hybridized carbons (Fsp3) is 0.360. The molecule has 11 heteroatoms. The summed E-state index contributed by atoms with van der Waals surface area (Å²) < 4.78 is 59.2. The molecular weight excluding hydrogens is 477 g/mol. The van der Waals surface area contributed by atoms with Crippen molar-refractivity contribution in [3.8, 4) is 17.2 Å². The summed E-state index contributed by atoms with van der Waals surface area (Å²) in [5.41, 5.74) is 1.99. The molecule has 0 spiro atoms. The molecule has 2 aromatic carbocycles. The summed E-state index contributed by atoms with van der Waals surface area (Å²) in [5.74, 6) is 0.368. The van der Waals surface area contributed by atoms with Gasteiger partial charge in [0.1, 0.15) is 11.4 Å². The van der Waals surface area contributed by atoms with Gasteiger partial charge in [-0.05, 0) is 35.7 Å². The first-order valence-corrected chi connectivity index (χ1v) is 11.3. The average Bonchev–Trinajstić information content (AvgIpc) is 3.31. The van der Waals surface area contributed by atoms with Gasteiger partial charge in [0.25, 0.3) is 5.91 Å². The van der Waals surface area contributed by atoms with Gasteiger partial charge in [-0.15, -0.1) is 0 Å². The summed E-state index contributed by atoms with van der Waals surface area (Å²) in [7, 11) is 4.30. The Hall–Kier alpha value is -3.89. The Kier molecular flexibility index (Phi) is 7.00. The van der Waals surface area contributed by atoms with E-state index in [0.29, 0.717) is 34.9 Å². The van der Waals surface area contributed by atoms with E-state index in [0.717, 1.165) is 16.4 Å². The van der Waals surface area contributed by atoms with E-state index in [9.17, 15) is 18.0 Å². The smallest absolute Gasteiger partial charge is 0.410 e. The highest BCUT2D eigenvalue weighted by Crippen LogP contribution is 2.47. The number of amides is 1. The van der Waals surface area contributed by atoms with Gasteiger partial charge >= 0.3 is 6.18 Å². The molecule has 2 heterocycles. The van der Waals surface area contributed by atoms with Crippen LogP contribution in [0.5, 0.6) is 17.2 Å². The fourth-order valence-corrected chi connectivity index (χ4v) is 4.39. The van der Waals surface area contributed by atoms with E-state index < -0.39 is 24.2 Å². The zero-order valence-corrected chi connectivity index (χ0v) is 20.3. The standard InChI is InChI=1S/C25H27F3N4O4/c1-5-14-8-6-7-9-17(14)31-24(33)16-13-29-32-21(25(26,27)28)12-18(30-23(16)32)15-10-19(34-2)22(36-4)20(11-15)35-3/h6-11,13,18,21,30H,5,12H2,1-4H3,(H,31,33)/t18-,21+/m0/s1. The third-order valence-corrected chi connectivity index (χ3v) is 6.22. The van der Waals surface area contributed by atoms with Crippen molar-refractivity contribution in [2.75, 3.05) is 32.0 Å². The summed E-state index contributed by atoms with van der Waals surface area (Å²) in [4.78, 5) is 13.2. The van der Waals surface area contributed by atoms with Crippen molar-refractivity contribution in [3.63, 3.8) is 0 Å². The Morgan fingerprint density at radius 1 is 1.14 bits per heavy atom. The van der Waals surface area contributed by atoms with Gasteiger partial charge in [-0.25, -0.2) is 4.68 Å². The van der Waals surface area contributed by atoms with E-state index in [1.165, 1.54) is 21.3 Å². The van der Waals surface area contributed by atoms with Gasteiger partial charge in [0, 0.05) is 12.1 Å². The zero-order chi connectivity index (χ0) is 26.0. The topological polar surface area (TPSA) is 86.6 Å². The number of nitrogens with one attached hydrogen (secondary N) is 2. The number of carbonyl (C=O) groups is 1. The minimum absolute atomic E-state index is 0.00676. The summed E-state index contributed by atoms with van der Waals surface area (Å²) in [6.07, 6.45) is -3.11. The van der Waals surface area contributed by atoms with E-state index in [2.05, 4.69) is 15.7 Å². The van der Waals surface area contributed by atoms with Crippen LogP contribution in [0.4, 0.5) is 24.7 Å². The second kappa shape index (κ2) is 10.00. The first-order valence-electron chi connectivity index (χ1n) is 11.3. The van der Waals surface area contributed by atoms with Crippen LogP contribution in [0.25, 0.3) is 0 Å². The highest BCUT2D eigenvalue weighted by Gasteiger charge is 2.47. The lowest BCUT2D eigenvalue weighted by Crippen LogP contribution is -2.36. The molecule has 1 aliphatic heterocycles. The van der Waals surface area contributed by atoms with E-state index in [-0.39, 0.29) is 17.8 Å². The SMILES string of the molecule is CCc1ccccc1NC(=O)c1cnn2c1N[C@H](c1cc(OC)c(OC)c(OC)c1)C[C@@H]2C(F)(F)F. The maximum Gasteiger partial charge on any atom is 0.410 e. The number of anilines is 2. The maximum absolute atomic E-state index is 14.1. The lowest BCUT2D eigenvalue weighted by molar-refractivity contribution is -0.173. The summed E-state index contributed by atoms with van der Waals surface area (Å²) in [6.45, 7) is 1.95. The Balaban J connectivity index is 1.74. The van der Waals surface area contributed by atoms with Gasteiger partial charge in [0.2, 0.25) is 5.75 Å². The summed E-state index contributed by atoms with van der Waals surface area (Å²) in [6, 6.07) is 7.69. The van der Waals surface area contributed by atoms with Crippen LogP contribution in [0.3, 0.4) is 0 Å². The second-order valence-electron chi connectivity index (χ2n) is 8.26. The lowest BCUT2D eigenvalue weighted by Gasteiger charge is -2.34. The van der Waals surface area contributed by atoms with Crippen molar-refractivity contribution in [3.05, 3.63) is 59.3 Å². The Morgan fingerprint density at radius 2 is 1.81 bits per heavy atom. The second-order valence-corrected chi connectivity index (χ2v) is 8.26. The third kappa shape index (κ3) is 4.65. The van der Waals surface area contributed by atoms with E-state index in [1.807, 2.05) is 19.1 Å². The number of nitrogens with zero attached hydrogens (tertiary/aromatic N) is 2. The molecule has 1 aliphatic rings. The molecule has 1 aromatic heterocycles. The van der Waals surface area contributed by atoms with Crippen LogP contribution >= 0.6 is 0 Å². The number of hydrogen-bond donors (Lipinski definition) is 2. The Bertz CT molecular complexity index is 1230. The number of para-hydroxylation sites is 1. The van der Waals surface area contributed by atoms with Gasteiger partial charge in [-0.1, -0.05) is 25.1 Å². The number of rotatable bonds is 7. The number of benzene rings is 2. The lowest BCUT2D eigenvalue weighted by atomic mass is 9.95. The zero-order valence-electron chi connectivity index (χ0n) is 20.3. The number of alkyl halides is 3. The largest absolute Gasteiger partial charge is 0.493 e. The highest BCUT2D eigenvalue weighted by atomic mass is 19.4. The molecule has 4 rings (SSSR count). The molecule has 0 saturated heterocycles. The number of fused-ring (bicyclic) bond motifs is 1. The van der Waals surface area contributed by atoms with E-state index in [4.69, 9.17) is 14.2 Å².